The molecule has 2 aromatic carbocycles. The fraction of sp³-hybridized carbons (Fsp3) is 0.238. The zero-order valence-electron chi connectivity index (χ0n) is 18.2. The van der Waals surface area contributed by atoms with E-state index in [9.17, 15) is 4.79 Å². The third-order valence-electron chi connectivity index (χ3n) is 4.42. The number of thioether (sulfide) groups is 1. The molecule has 174 valence electrons. The van der Waals surface area contributed by atoms with E-state index in [0.717, 1.165) is 11.3 Å². The maximum atomic E-state index is 12.3. The fourth-order valence-electron chi connectivity index (χ4n) is 2.86. The number of carbonyl (C=O) groups is 1. The number of halogens is 1. The molecule has 0 aliphatic heterocycles. The van der Waals surface area contributed by atoms with Crippen LogP contribution in [0, 0.1) is 0 Å². The zero-order valence-corrected chi connectivity index (χ0v) is 20.6. The number of ether oxygens (including phenoxy) is 2. The average molecular weight is 507 g/mol. The van der Waals surface area contributed by atoms with Crippen molar-refractivity contribution in [3.05, 3.63) is 47.5 Å². The summed E-state index contributed by atoms with van der Waals surface area (Å²) in [6.45, 7) is 2.62. The monoisotopic (exact) mass is 506 g/mol. The Morgan fingerprint density at radius 2 is 1.82 bits per heavy atom. The number of hydrazine groups is 1. The summed E-state index contributed by atoms with van der Waals surface area (Å²) in [6, 6.07) is 12.6. The lowest BCUT2D eigenvalue weighted by molar-refractivity contribution is -0.119. The highest BCUT2D eigenvalue weighted by Crippen LogP contribution is 2.32. The lowest BCUT2D eigenvalue weighted by atomic mass is 10.2. The second kappa shape index (κ2) is 11.7. The highest BCUT2D eigenvalue weighted by molar-refractivity contribution is 7.99. The van der Waals surface area contributed by atoms with E-state index in [2.05, 4.69) is 26.4 Å². The summed E-state index contributed by atoms with van der Waals surface area (Å²) >= 11 is 12.3. The van der Waals surface area contributed by atoms with Crippen LogP contribution in [0.15, 0.2) is 47.6 Å². The first-order valence-corrected chi connectivity index (χ1v) is 11.6. The van der Waals surface area contributed by atoms with Gasteiger partial charge in [-0.3, -0.25) is 15.6 Å². The molecule has 0 aliphatic rings. The molecular formula is C21H23ClN6O3S2. The van der Waals surface area contributed by atoms with Crippen LogP contribution in [0.25, 0.3) is 11.4 Å². The van der Waals surface area contributed by atoms with Crippen molar-refractivity contribution in [1.29, 1.82) is 0 Å². The van der Waals surface area contributed by atoms with Crippen molar-refractivity contribution in [1.82, 2.24) is 25.6 Å². The Hall–Kier alpha value is -3.02. The van der Waals surface area contributed by atoms with Crippen LogP contribution < -0.4 is 25.6 Å². The third kappa shape index (κ3) is 6.50. The van der Waals surface area contributed by atoms with Crippen molar-refractivity contribution >= 4 is 52.3 Å². The summed E-state index contributed by atoms with van der Waals surface area (Å²) in [6.07, 6.45) is 0. The first-order chi connectivity index (χ1) is 15.9. The third-order valence-corrected chi connectivity index (χ3v) is 5.85. The highest BCUT2D eigenvalue weighted by atomic mass is 35.5. The molecule has 3 N–H and O–H groups in total. The van der Waals surface area contributed by atoms with Gasteiger partial charge in [0.05, 0.1) is 20.0 Å². The molecule has 0 atom stereocenters. The summed E-state index contributed by atoms with van der Waals surface area (Å²) in [5.41, 5.74) is 6.81. The first-order valence-electron chi connectivity index (χ1n) is 9.85. The summed E-state index contributed by atoms with van der Waals surface area (Å²) < 4.78 is 12.6. The van der Waals surface area contributed by atoms with Crippen LogP contribution in [0.1, 0.15) is 6.92 Å². The van der Waals surface area contributed by atoms with Gasteiger partial charge in [0.2, 0.25) is 5.91 Å². The first kappa shape index (κ1) is 24.6. The summed E-state index contributed by atoms with van der Waals surface area (Å²) in [7, 11) is 3.16. The Morgan fingerprint density at radius 3 is 2.48 bits per heavy atom. The zero-order chi connectivity index (χ0) is 23.8. The van der Waals surface area contributed by atoms with Crippen LogP contribution in [0.2, 0.25) is 5.02 Å². The van der Waals surface area contributed by atoms with Gasteiger partial charge in [-0.15, -0.1) is 10.2 Å². The topological polar surface area (TPSA) is 102 Å². The van der Waals surface area contributed by atoms with Gasteiger partial charge in [-0.2, -0.15) is 0 Å². The number of aromatic nitrogens is 3. The second-order valence-electron chi connectivity index (χ2n) is 6.54. The molecule has 1 aromatic heterocycles. The number of nitrogens with zero attached hydrogens (tertiary/aromatic N) is 3. The van der Waals surface area contributed by atoms with Gasteiger partial charge in [-0.25, -0.2) is 0 Å². The van der Waals surface area contributed by atoms with Gasteiger partial charge in [-0.1, -0.05) is 23.4 Å². The van der Waals surface area contributed by atoms with Crippen LogP contribution in [-0.4, -0.2) is 45.8 Å². The number of methoxy groups -OCH3 is 2. The molecule has 0 saturated carbocycles. The molecule has 0 aliphatic carbocycles. The Labute approximate surface area is 206 Å². The van der Waals surface area contributed by atoms with Crippen LogP contribution in [0.5, 0.6) is 11.5 Å². The van der Waals surface area contributed by atoms with Gasteiger partial charge >= 0.3 is 0 Å². The molecule has 0 fully saturated rings. The van der Waals surface area contributed by atoms with Gasteiger partial charge in [0.25, 0.3) is 0 Å². The summed E-state index contributed by atoms with van der Waals surface area (Å²) in [5.74, 6) is 1.77. The molecule has 0 radical (unpaired) electrons. The number of hydrogen-bond acceptors (Lipinski definition) is 7. The SMILES string of the molecule is CCn1c(SCC(=O)NNC(=S)Nc2ccc(Cl)cc2)nnc1-c1ccc(OC)c(OC)c1. The largest absolute Gasteiger partial charge is 0.493 e. The average Bonchev–Trinajstić information content (AvgIpc) is 3.25. The van der Waals surface area contributed by atoms with Crippen LogP contribution >= 0.6 is 35.6 Å². The van der Waals surface area contributed by atoms with Crippen molar-refractivity contribution in [3.8, 4) is 22.9 Å². The predicted octanol–water partition coefficient (Wildman–Crippen LogP) is 3.75. The lowest BCUT2D eigenvalue weighted by Gasteiger charge is -2.12. The molecule has 33 heavy (non-hydrogen) atoms. The fourth-order valence-corrected chi connectivity index (χ4v) is 3.95. The predicted molar refractivity (Wildman–Crippen MR) is 134 cm³/mol. The van der Waals surface area contributed by atoms with Crippen molar-refractivity contribution in [2.75, 3.05) is 25.3 Å². The molecule has 3 rings (SSSR count). The number of nitrogens with one attached hydrogen (secondary N) is 3. The smallest absolute Gasteiger partial charge is 0.248 e. The quantitative estimate of drug-likeness (QED) is 0.239. The van der Waals surface area contributed by atoms with Crippen molar-refractivity contribution in [2.45, 2.75) is 18.6 Å². The minimum atomic E-state index is -0.265. The van der Waals surface area contributed by atoms with Gasteiger partial charge in [0.1, 0.15) is 0 Å². The molecule has 12 heteroatoms. The van der Waals surface area contributed by atoms with E-state index in [1.54, 1.807) is 38.5 Å². The van der Waals surface area contributed by atoms with E-state index in [4.69, 9.17) is 33.3 Å². The van der Waals surface area contributed by atoms with E-state index in [1.807, 2.05) is 29.7 Å². The molecule has 0 spiro atoms. The van der Waals surface area contributed by atoms with Crippen LogP contribution in [0.4, 0.5) is 5.69 Å². The molecule has 0 saturated heterocycles. The lowest BCUT2D eigenvalue weighted by Crippen LogP contribution is -2.44. The van der Waals surface area contributed by atoms with E-state index in [0.29, 0.717) is 34.0 Å². The number of rotatable bonds is 8. The number of carbonyl (C=O) groups excluding carboxylic acids is 1. The molecule has 1 amide bonds. The number of hydrogen-bond donors (Lipinski definition) is 3. The number of anilines is 1. The van der Waals surface area contributed by atoms with Crippen molar-refractivity contribution < 1.29 is 14.3 Å². The number of amides is 1. The minimum absolute atomic E-state index is 0.126. The Morgan fingerprint density at radius 1 is 1.09 bits per heavy atom. The van der Waals surface area contributed by atoms with Crippen LogP contribution in [-0.2, 0) is 11.3 Å². The Bertz CT molecular complexity index is 1120. The molecule has 9 nitrogen and oxygen atoms in total. The van der Waals surface area contributed by atoms with Gasteiger partial charge in [-0.05, 0) is 61.6 Å². The van der Waals surface area contributed by atoms with E-state index in [-0.39, 0.29) is 16.8 Å². The Balaban J connectivity index is 1.57. The van der Waals surface area contributed by atoms with Crippen molar-refractivity contribution in [3.63, 3.8) is 0 Å². The van der Waals surface area contributed by atoms with E-state index in [1.165, 1.54) is 11.8 Å². The molecule has 3 aromatic rings. The molecule has 1 heterocycles. The van der Waals surface area contributed by atoms with Crippen molar-refractivity contribution in [2.24, 2.45) is 0 Å². The van der Waals surface area contributed by atoms with E-state index >= 15 is 0 Å². The normalized spacial score (nSPS) is 10.4. The highest BCUT2D eigenvalue weighted by Gasteiger charge is 2.16. The molecule has 0 unspecified atom stereocenters. The van der Waals surface area contributed by atoms with Gasteiger partial charge < -0.3 is 19.4 Å². The minimum Gasteiger partial charge on any atom is -0.493 e. The van der Waals surface area contributed by atoms with E-state index < -0.39 is 0 Å². The van der Waals surface area contributed by atoms with Gasteiger partial charge in [0, 0.05) is 22.8 Å². The maximum absolute atomic E-state index is 12.3. The summed E-state index contributed by atoms with van der Waals surface area (Å²) in [4.78, 5) is 12.3. The number of benzene rings is 2. The van der Waals surface area contributed by atoms with Crippen LogP contribution in [0.3, 0.4) is 0 Å². The maximum Gasteiger partial charge on any atom is 0.248 e. The standard InChI is InChI=1S/C21H23ClN6O3S2/c1-4-28-19(13-5-10-16(30-2)17(11-13)31-3)25-27-21(28)33-12-18(29)24-26-20(32)23-15-8-6-14(22)7-9-15/h5-11H,4,12H2,1-3H3,(H,24,29)(H2,23,26,32). The second-order valence-corrected chi connectivity index (χ2v) is 8.33. The summed E-state index contributed by atoms with van der Waals surface area (Å²) in [5, 5.41) is 13.0. The molecule has 0 bridgehead atoms. The molecular weight excluding hydrogens is 484 g/mol. The van der Waals surface area contributed by atoms with Gasteiger partial charge in [0.15, 0.2) is 27.6 Å². The Kier molecular flexibility index (Phi) is 8.75. The number of thiocarbonyl (C=S) groups is 1.